The molecule has 0 unspecified atom stereocenters. The van der Waals surface area contributed by atoms with E-state index in [0.717, 1.165) is 0 Å². The van der Waals surface area contributed by atoms with E-state index in [1.54, 1.807) is 40.8 Å². The van der Waals surface area contributed by atoms with E-state index in [2.05, 4.69) is 20.5 Å². The van der Waals surface area contributed by atoms with E-state index >= 15 is 0 Å². The number of ether oxygens (including phenoxy) is 1. The number of nitrogens with two attached hydrogens (primary N) is 1. The Morgan fingerprint density at radius 1 is 1.09 bits per heavy atom. The molecule has 1 aliphatic heterocycles. The summed E-state index contributed by atoms with van der Waals surface area (Å²) in [4.78, 5) is 15.8. The van der Waals surface area contributed by atoms with Gasteiger partial charge < -0.3 is 20.3 Å². The van der Waals surface area contributed by atoms with Crippen LogP contribution in [0, 0.1) is 6.92 Å². The van der Waals surface area contributed by atoms with Crippen molar-refractivity contribution < 1.29 is 18.3 Å². The van der Waals surface area contributed by atoms with Gasteiger partial charge in [-0.1, -0.05) is 17.3 Å². The summed E-state index contributed by atoms with van der Waals surface area (Å²) in [6.07, 6.45) is -2.53. The molecule has 0 saturated carbocycles. The standard InChI is InChI=1S/C21H24F2N8O2/c1-14-17(31(28-25-14)16-4-2-15(3-5-16)21(22)23)13-33-19-7-6-18(26-27-19)30-11-10-29(9-8-24)20(32)12-30/h2-7,21H,8-13,24H2,1H3. The first-order valence-corrected chi connectivity index (χ1v) is 10.4. The number of carbonyl (C=O) groups is 1. The second kappa shape index (κ2) is 9.86. The monoisotopic (exact) mass is 458 g/mol. The molecule has 174 valence electrons. The zero-order valence-corrected chi connectivity index (χ0v) is 18.1. The predicted molar refractivity (Wildman–Crippen MR) is 115 cm³/mol. The maximum absolute atomic E-state index is 12.8. The third-order valence-electron chi connectivity index (χ3n) is 5.37. The summed E-state index contributed by atoms with van der Waals surface area (Å²) < 4.78 is 32.9. The summed E-state index contributed by atoms with van der Waals surface area (Å²) >= 11 is 0. The van der Waals surface area contributed by atoms with Gasteiger partial charge in [-0.2, -0.15) is 0 Å². The van der Waals surface area contributed by atoms with Gasteiger partial charge in [-0.25, -0.2) is 13.5 Å². The first-order chi connectivity index (χ1) is 16.0. The Bertz CT molecular complexity index is 1090. The quantitative estimate of drug-likeness (QED) is 0.540. The fraction of sp³-hybridized carbons (Fsp3) is 0.381. The number of alkyl halides is 2. The number of halogens is 2. The molecular formula is C21H24F2N8O2. The minimum atomic E-state index is -2.53. The number of rotatable bonds is 8. The third-order valence-corrected chi connectivity index (χ3v) is 5.37. The van der Waals surface area contributed by atoms with Crippen molar-refractivity contribution in [2.75, 3.05) is 37.6 Å². The number of nitrogens with zero attached hydrogens (tertiary/aromatic N) is 7. The molecule has 0 spiro atoms. The van der Waals surface area contributed by atoms with Crippen molar-refractivity contribution in [3.63, 3.8) is 0 Å². The van der Waals surface area contributed by atoms with Gasteiger partial charge >= 0.3 is 0 Å². The van der Waals surface area contributed by atoms with Crippen molar-refractivity contribution in [2.45, 2.75) is 20.0 Å². The molecule has 1 aliphatic rings. The average molecular weight is 458 g/mol. The number of hydrogen-bond acceptors (Lipinski definition) is 8. The molecule has 1 fully saturated rings. The van der Waals surface area contributed by atoms with Gasteiger partial charge in [-0.15, -0.1) is 15.3 Å². The van der Waals surface area contributed by atoms with Crippen LogP contribution in [0.1, 0.15) is 23.4 Å². The molecule has 33 heavy (non-hydrogen) atoms. The summed E-state index contributed by atoms with van der Waals surface area (Å²) in [6.45, 7) is 4.34. The number of carbonyl (C=O) groups excluding carboxylic acids is 1. The zero-order chi connectivity index (χ0) is 23.4. The summed E-state index contributed by atoms with van der Waals surface area (Å²) in [5.74, 6) is 0.892. The van der Waals surface area contributed by atoms with Gasteiger partial charge in [0.1, 0.15) is 12.3 Å². The van der Waals surface area contributed by atoms with E-state index in [1.807, 2.05) is 4.90 Å². The molecule has 0 aliphatic carbocycles. The van der Waals surface area contributed by atoms with Crippen LogP contribution >= 0.6 is 0 Å². The Morgan fingerprint density at radius 2 is 1.88 bits per heavy atom. The Hall–Kier alpha value is -3.67. The smallest absolute Gasteiger partial charge is 0.263 e. The highest BCUT2D eigenvalue weighted by Gasteiger charge is 2.24. The van der Waals surface area contributed by atoms with Crippen LogP contribution in [-0.2, 0) is 11.4 Å². The fourth-order valence-corrected chi connectivity index (χ4v) is 3.51. The number of benzene rings is 1. The van der Waals surface area contributed by atoms with E-state index in [4.69, 9.17) is 10.5 Å². The van der Waals surface area contributed by atoms with E-state index in [1.165, 1.54) is 12.1 Å². The molecule has 2 N–H and O–H groups in total. The highest BCUT2D eigenvalue weighted by Crippen LogP contribution is 2.22. The number of anilines is 1. The van der Waals surface area contributed by atoms with Crippen LogP contribution < -0.4 is 15.4 Å². The highest BCUT2D eigenvalue weighted by molar-refractivity contribution is 5.82. The average Bonchev–Trinajstić information content (AvgIpc) is 3.19. The first-order valence-electron chi connectivity index (χ1n) is 10.4. The zero-order valence-electron chi connectivity index (χ0n) is 18.1. The minimum absolute atomic E-state index is 0.00615. The molecule has 4 rings (SSSR count). The number of amides is 1. The lowest BCUT2D eigenvalue weighted by Gasteiger charge is -2.34. The SMILES string of the molecule is Cc1nnn(-c2ccc(C(F)F)cc2)c1COc1ccc(N2CCN(CCN)C(=O)C2)nn1. The van der Waals surface area contributed by atoms with Crippen LogP contribution in [0.25, 0.3) is 5.69 Å². The van der Waals surface area contributed by atoms with Crippen LogP contribution in [0.2, 0.25) is 0 Å². The first kappa shape index (κ1) is 22.5. The number of aryl methyl sites for hydroxylation is 1. The van der Waals surface area contributed by atoms with Gasteiger partial charge in [0.15, 0.2) is 5.82 Å². The van der Waals surface area contributed by atoms with Crippen molar-refractivity contribution in [2.24, 2.45) is 5.73 Å². The molecule has 1 saturated heterocycles. The molecule has 1 aromatic carbocycles. The van der Waals surface area contributed by atoms with Crippen LogP contribution in [0.4, 0.5) is 14.6 Å². The largest absolute Gasteiger partial charge is 0.470 e. The van der Waals surface area contributed by atoms with E-state index in [-0.39, 0.29) is 24.6 Å². The summed E-state index contributed by atoms with van der Waals surface area (Å²) in [6, 6.07) is 9.25. The minimum Gasteiger partial charge on any atom is -0.470 e. The maximum atomic E-state index is 12.8. The molecule has 10 nitrogen and oxygen atoms in total. The molecule has 1 amide bonds. The fourth-order valence-electron chi connectivity index (χ4n) is 3.51. The van der Waals surface area contributed by atoms with Gasteiger partial charge in [0.05, 0.1) is 17.9 Å². The van der Waals surface area contributed by atoms with Gasteiger partial charge in [0, 0.05) is 37.8 Å². The lowest BCUT2D eigenvalue weighted by atomic mass is 10.2. The second-order valence-corrected chi connectivity index (χ2v) is 7.54. The molecule has 2 aromatic heterocycles. The van der Waals surface area contributed by atoms with Crippen molar-refractivity contribution in [1.29, 1.82) is 0 Å². The molecule has 12 heteroatoms. The van der Waals surface area contributed by atoms with Crippen molar-refractivity contribution in [1.82, 2.24) is 30.1 Å². The normalized spacial score (nSPS) is 14.3. The van der Waals surface area contributed by atoms with E-state index in [0.29, 0.717) is 55.0 Å². The van der Waals surface area contributed by atoms with Crippen molar-refractivity contribution in [3.8, 4) is 11.6 Å². The summed E-state index contributed by atoms with van der Waals surface area (Å²) in [5.41, 5.74) is 7.37. The van der Waals surface area contributed by atoms with Crippen molar-refractivity contribution >= 4 is 11.7 Å². The van der Waals surface area contributed by atoms with Crippen LogP contribution in [0.5, 0.6) is 5.88 Å². The molecular weight excluding hydrogens is 434 g/mol. The van der Waals surface area contributed by atoms with Crippen LogP contribution in [-0.4, -0.2) is 68.7 Å². The predicted octanol–water partition coefficient (Wildman–Crippen LogP) is 1.49. The number of hydrogen-bond donors (Lipinski definition) is 1. The molecule has 3 aromatic rings. The van der Waals surface area contributed by atoms with Crippen LogP contribution in [0.15, 0.2) is 36.4 Å². The summed E-state index contributed by atoms with van der Waals surface area (Å²) in [7, 11) is 0. The van der Waals surface area contributed by atoms with E-state index in [9.17, 15) is 13.6 Å². The van der Waals surface area contributed by atoms with Gasteiger partial charge in [0.25, 0.3) is 6.43 Å². The number of aromatic nitrogens is 5. The Balaban J connectivity index is 1.40. The summed E-state index contributed by atoms with van der Waals surface area (Å²) in [5, 5.41) is 16.4. The number of piperazine rings is 1. The Kier molecular flexibility index (Phi) is 6.73. The molecule has 0 bridgehead atoms. The molecule has 0 atom stereocenters. The van der Waals surface area contributed by atoms with Gasteiger partial charge in [-0.3, -0.25) is 4.79 Å². The topological polar surface area (TPSA) is 115 Å². The Labute approximate surface area is 188 Å². The third kappa shape index (κ3) is 5.06. The van der Waals surface area contributed by atoms with Gasteiger partial charge in [0.2, 0.25) is 11.8 Å². The Morgan fingerprint density at radius 3 is 2.52 bits per heavy atom. The highest BCUT2D eigenvalue weighted by atomic mass is 19.3. The van der Waals surface area contributed by atoms with Crippen LogP contribution in [0.3, 0.4) is 0 Å². The lowest BCUT2D eigenvalue weighted by Crippen LogP contribution is -2.51. The maximum Gasteiger partial charge on any atom is 0.263 e. The van der Waals surface area contributed by atoms with E-state index < -0.39 is 6.43 Å². The lowest BCUT2D eigenvalue weighted by molar-refractivity contribution is -0.130. The van der Waals surface area contributed by atoms with Gasteiger partial charge in [-0.05, 0) is 25.1 Å². The molecule has 0 radical (unpaired) electrons. The molecule has 3 heterocycles. The van der Waals surface area contributed by atoms with Crippen molar-refractivity contribution in [3.05, 3.63) is 53.3 Å². The second-order valence-electron chi connectivity index (χ2n) is 7.54.